The Balaban J connectivity index is 1.39. The smallest absolute Gasteiger partial charge is 0.262 e. The summed E-state index contributed by atoms with van der Waals surface area (Å²) in [6.45, 7) is 0.442. The molecule has 174 valence electrons. The fraction of sp³-hybridized carbons (Fsp3) is 0.375. The van der Waals surface area contributed by atoms with Gasteiger partial charge in [0.05, 0.1) is 6.33 Å². The van der Waals surface area contributed by atoms with Crippen LogP contribution >= 0.6 is 0 Å². The molecule has 2 aliphatic rings. The Morgan fingerprint density at radius 3 is 2.61 bits per heavy atom. The van der Waals surface area contributed by atoms with Crippen molar-refractivity contribution in [3.05, 3.63) is 82.8 Å². The summed E-state index contributed by atoms with van der Waals surface area (Å²) >= 11 is 0. The molecule has 1 aliphatic carbocycles. The Hall–Kier alpha value is -2.62. The van der Waals surface area contributed by atoms with Crippen molar-refractivity contribution < 1.29 is 17.2 Å². The molecule has 1 aromatic heterocycles. The Bertz CT molecular complexity index is 1300. The zero-order valence-electron chi connectivity index (χ0n) is 18.5. The van der Waals surface area contributed by atoms with Gasteiger partial charge in [0, 0.05) is 44.2 Å². The molecular formula is C24H26F2N4O2S. The van der Waals surface area contributed by atoms with Gasteiger partial charge in [-0.25, -0.2) is 22.2 Å². The minimum Gasteiger partial charge on any atom is -0.339 e. The molecule has 5 rings (SSSR count). The van der Waals surface area contributed by atoms with E-state index in [4.69, 9.17) is 0 Å². The second kappa shape index (κ2) is 8.30. The average Bonchev–Trinajstić information content (AvgIpc) is 3.31. The first kappa shape index (κ1) is 22.2. The van der Waals surface area contributed by atoms with Gasteiger partial charge in [-0.2, -0.15) is 4.31 Å². The summed E-state index contributed by atoms with van der Waals surface area (Å²) in [6, 6.07) is 10.2. The number of nitrogens with zero attached hydrogens (tertiary/aromatic N) is 3. The van der Waals surface area contributed by atoms with Gasteiger partial charge in [0.15, 0.2) is 5.03 Å². The molecule has 6 nitrogen and oxygen atoms in total. The molecule has 9 heteroatoms. The molecule has 2 aromatic carbocycles. The number of hydrogen-bond donors (Lipinski definition) is 1. The number of halogens is 2. The number of aryl methyl sites for hydroxylation is 1. The van der Waals surface area contributed by atoms with Crippen LogP contribution in [-0.2, 0) is 29.9 Å². The quantitative estimate of drug-likeness (QED) is 0.599. The molecule has 1 saturated heterocycles. The number of aromatic nitrogens is 2. The fourth-order valence-electron chi connectivity index (χ4n) is 5.04. The van der Waals surface area contributed by atoms with Gasteiger partial charge in [-0.05, 0) is 60.3 Å². The Labute approximate surface area is 192 Å². The minimum absolute atomic E-state index is 0.00453. The number of sulfonamides is 1. The molecule has 0 saturated carbocycles. The van der Waals surface area contributed by atoms with E-state index in [9.17, 15) is 12.8 Å². The monoisotopic (exact) mass is 472 g/mol. The molecule has 3 aromatic rings. The minimum atomic E-state index is -3.68. The summed E-state index contributed by atoms with van der Waals surface area (Å²) < 4.78 is 57.2. The predicted molar refractivity (Wildman–Crippen MR) is 121 cm³/mol. The van der Waals surface area contributed by atoms with Crippen LogP contribution in [0.15, 0.2) is 53.9 Å². The van der Waals surface area contributed by atoms with Crippen molar-refractivity contribution >= 4 is 10.0 Å². The average molecular weight is 473 g/mol. The van der Waals surface area contributed by atoms with Crippen molar-refractivity contribution in [2.75, 3.05) is 20.1 Å². The van der Waals surface area contributed by atoms with Gasteiger partial charge >= 0.3 is 0 Å². The van der Waals surface area contributed by atoms with Crippen molar-refractivity contribution in [3.8, 4) is 0 Å². The number of nitrogens with one attached hydrogen (secondary N) is 1. The van der Waals surface area contributed by atoms with Gasteiger partial charge in [0.25, 0.3) is 10.0 Å². The second-order valence-corrected chi connectivity index (χ2v) is 10.9. The van der Waals surface area contributed by atoms with Crippen molar-refractivity contribution in [2.24, 2.45) is 7.05 Å². The highest BCUT2D eigenvalue weighted by atomic mass is 32.2. The summed E-state index contributed by atoms with van der Waals surface area (Å²) in [4.78, 5) is 3.95. The summed E-state index contributed by atoms with van der Waals surface area (Å²) in [6.07, 6.45) is 4.26. The lowest BCUT2D eigenvalue weighted by molar-refractivity contribution is 0.258. The van der Waals surface area contributed by atoms with Crippen molar-refractivity contribution in [1.82, 2.24) is 19.2 Å². The molecule has 0 spiro atoms. The predicted octanol–water partition coefficient (Wildman–Crippen LogP) is 2.96. The van der Waals surface area contributed by atoms with E-state index in [0.717, 1.165) is 16.7 Å². The van der Waals surface area contributed by atoms with Crippen LogP contribution in [0, 0.1) is 11.6 Å². The maximum absolute atomic E-state index is 15.1. The summed E-state index contributed by atoms with van der Waals surface area (Å²) in [5, 5.41) is 3.33. The first-order valence-corrected chi connectivity index (χ1v) is 12.4. The Morgan fingerprint density at radius 2 is 1.94 bits per heavy atom. The van der Waals surface area contributed by atoms with Crippen LogP contribution in [0.5, 0.6) is 0 Å². The number of benzene rings is 2. The van der Waals surface area contributed by atoms with E-state index in [0.29, 0.717) is 18.4 Å². The molecular weight excluding hydrogens is 446 g/mol. The normalized spacial score (nSPS) is 21.2. The van der Waals surface area contributed by atoms with E-state index < -0.39 is 10.0 Å². The molecule has 0 amide bonds. The SMILES string of the molecule is CNC1Cc2cc(F)c(C3CN(S(=O)(=O)c4cn(C)cn4)C3)cc2C1Cc1cccc(F)c1. The van der Waals surface area contributed by atoms with Gasteiger partial charge in [-0.1, -0.05) is 18.2 Å². The van der Waals surface area contributed by atoms with Crippen molar-refractivity contribution in [2.45, 2.75) is 35.7 Å². The van der Waals surface area contributed by atoms with Crippen LogP contribution in [-0.4, -0.2) is 48.5 Å². The third-order valence-corrected chi connectivity index (χ3v) is 8.59. The van der Waals surface area contributed by atoms with Gasteiger partial charge in [0.2, 0.25) is 0 Å². The van der Waals surface area contributed by atoms with E-state index in [2.05, 4.69) is 10.3 Å². The lowest BCUT2D eigenvalue weighted by Gasteiger charge is -2.38. The van der Waals surface area contributed by atoms with E-state index in [-0.39, 0.29) is 47.6 Å². The maximum atomic E-state index is 15.1. The molecule has 33 heavy (non-hydrogen) atoms. The first-order valence-electron chi connectivity index (χ1n) is 11.0. The van der Waals surface area contributed by atoms with Crippen LogP contribution in [0.1, 0.15) is 34.1 Å². The highest BCUT2D eigenvalue weighted by Gasteiger charge is 2.41. The zero-order chi connectivity index (χ0) is 23.3. The first-order chi connectivity index (χ1) is 15.8. The lowest BCUT2D eigenvalue weighted by atomic mass is 9.86. The van der Waals surface area contributed by atoms with Gasteiger partial charge < -0.3 is 9.88 Å². The Kier molecular flexibility index (Phi) is 5.58. The Morgan fingerprint density at radius 1 is 1.15 bits per heavy atom. The standard InChI is InChI=1S/C24H26F2N4O2S/c1-27-23-9-16-8-22(26)20(10-19(16)21(23)7-15-4-3-5-18(25)6-15)17-11-30(12-17)33(31,32)24-13-29(2)14-28-24/h3-6,8,10,13-14,17,21,23,27H,7,9,11-12H2,1-2H3. The topological polar surface area (TPSA) is 67.2 Å². The summed E-state index contributed by atoms with van der Waals surface area (Å²) in [5.74, 6) is -0.693. The van der Waals surface area contributed by atoms with Crippen LogP contribution in [0.2, 0.25) is 0 Å². The van der Waals surface area contributed by atoms with E-state index in [1.807, 2.05) is 19.2 Å². The summed E-state index contributed by atoms with van der Waals surface area (Å²) in [5.41, 5.74) is 3.45. The number of imidazole rings is 1. The number of hydrogen-bond acceptors (Lipinski definition) is 4. The van der Waals surface area contributed by atoms with E-state index >= 15 is 4.39 Å². The van der Waals surface area contributed by atoms with E-state index in [1.165, 1.54) is 22.9 Å². The number of rotatable bonds is 6. The lowest BCUT2D eigenvalue weighted by Crippen LogP contribution is -2.48. The second-order valence-electron chi connectivity index (χ2n) is 9.01. The highest BCUT2D eigenvalue weighted by Crippen LogP contribution is 2.41. The maximum Gasteiger partial charge on any atom is 0.262 e. The molecule has 1 fully saturated rings. The molecule has 0 bridgehead atoms. The number of fused-ring (bicyclic) bond motifs is 1. The van der Waals surface area contributed by atoms with Crippen LogP contribution in [0.3, 0.4) is 0 Å². The fourth-order valence-corrected chi connectivity index (χ4v) is 6.54. The van der Waals surface area contributed by atoms with Gasteiger partial charge in [0.1, 0.15) is 11.6 Å². The highest BCUT2D eigenvalue weighted by molar-refractivity contribution is 7.89. The van der Waals surface area contributed by atoms with Crippen LogP contribution in [0.4, 0.5) is 8.78 Å². The third kappa shape index (κ3) is 3.98. The molecule has 2 atom stereocenters. The van der Waals surface area contributed by atoms with Gasteiger partial charge in [-0.15, -0.1) is 0 Å². The van der Waals surface area contributed by atoms with Crippen molar-refractivity contribution in [1.29, 1.82) is 0 Å². The zero-order valence-corrected chi connectivity index (χ0v) is 19.3. The summed E-state index contributed by atoms with van der Waals surface area (Å²) in [7, 11) is -0.0821. The van der Waals surface area contributed by atoms with Crippen LogP contribution < -0.4 is 5.32 Å². The van der Waals surface area contributed by atoms with Crippen molar-refractivity contribution in [3.63, 3.8) is 0 Å². The van der Waals surface area contributed by atoms with Gasteiger partial charge in [-0.3, -0.25) is 0 Å². The number of likely N-dealkylation sites (N-methyl/N-ethyl adjacent to an activating group) is 1. The molecule has 1 N–H and O–H groups in total. The van der Waals surface area contributed by atoms with E-state index in [1.54, 1.807) is 29.8 Å². The third-order valence-electron chi connectivity index (χ3n) is 6.87. The van der Waals surface area contributed by atoms with Crippen LogP contribution in [0.25, 0.3) is 0 Å². The molecule has 2 unspecified atom stereocenters. The molecule has 1 aliphatic heterocycles. The largest absolute Gasteiger partial charge is 0.339 e. The molecule has 2 heterocycles. The molecule has 0 radical (unpaired) electrons.